The van der Waals surface area contributed by atoms with Gasteiger partial charge in [-0.1, -0.05) is 129 Å². The van der Waals surface area contributed by atoms with E-state index in [0.717, 1.165) is 16.7 Å². The molecule has 0 aromatic heterocycles. The molecule has 1 saturated heterocycles. The maximum atomic E-state index is 13.1. The van der Waals surface area contributed by atoms with Crippen LogP contribution in [0.4, 0.5) is 14.4 Å². The van der Waals surface area contributed by atoms with Gasteiger partial charge >= 0.3 is 18.3 Å². The molecular formula is C49H62N4O15. The Morgan fingerprint density at radius 2 is 1.09 bits per heavy atom. The van der Waals surface area contributed by atoms with Crippen molar-refractivity contribution in [3.05, 3.63) is 132 Å². The van der Waals surface area contributed by atoms with E-state index in [9.17, 15) is 29.7 Å². The molecule has 19 heteroatoms. The van der Waals surface area contributed by atoms with Gasteiger partial charge in [0.2, 0.25) is 0 Å². The van der Waals surface area contributed by atoms with Gasteiger partial charge in [-0.15, -0.1) is 0 Å². The summed E-state index contributed by atoms with van der Waals surface area (Å²) in [5.41, 5.74) is 8.79. The lowest BCUT2D eigenvalue weighted by Crippen LogP contribution is -2.61. The van der Waals surface area contributed by atoms with Crippen molar-refractivity contribution in [1.29, 1.82) is 0 Å². The van der Waals surface area contributed by atoms with Gasteiger partial charge in [-0.05, 0) is 35.4 Å². The zero-order valence-corrected chi connectivity index (χ0v) is 37.9. The predicted molar refractivity (Wildman–Crippen MR) is 242 cm³/mol. The Labute approximate surface area is 394 Å². The molecule has 3 aromatic rings. The van der Waals surface area contributed by atoms with Crippen molar-refractivity contribution in [2.45, 2.75) is 132 Å². The van der Waals surface area contributed by atoms with Gasteiger partial charge in [0, 0.05) is 6.04 Å². The van der Waals surface area contributed by atoms with Crippen molar-refractivity contribution in [3.63, 3.8) is 0 Å². The number of ether oxygens (including phenoxy) is 9. The molecule has 15 atom stereocenters. The van der Waals surface area contributed by atoms with Gasteiger partial charge < -0.3 is 79.6 Å². The van der Waals surface area contributed by atoms with Crippen molar-refractivity contribution >= 4 is 18.3 Å². The van der Waals surface area contributed by atoms with Crippen LogP contribution < -0.4 is 21.7 Å². The quantitative estimate of drug-likeness (QED) is 0.0712. The maximum absolute atomic E-state index is 13.1. The molecule has 0 unspecified atom stereocenters. The van der Waals surface area contributed by atoms with Crippen LogP contribution in [0.1, 0.15) is 43.4 Å². The van der Waals surface area contributed by atoms with Gasteiger partial charge in [0.05, 0.1) is 37.6 Å². The highest BCUT2D eigenvalue weighted by molar-refractivity contribution is 5.69. The highest BCUT2D eigenvalue weighted by Gasteiger charge is 2.52. The Kier molecular flexibility index (Phi) is 18.3. The third kappa shape index (κ3) is 13.8. The molecule has 0 radical (unpaired) electrons. The monoisotopic (exact) mass is 946 g/mol. The van der Waals surface area contributed by atoms with Gasteiger partial charge in [-0.2, -0.15) is 0 Å². The number of nitrogens with one attached hydrogen (secondary N) is 3. The molecule has 1 aliphatic carbocycles. The fraction of sp³-hybridized carbons (Fsp3) is 0.490. The number of benzene rings is 3. The Morgan fingerprint density at radius 1 is 0.618 bits per heavy atom. The molecule has 3 heterocycles. The molecule has 0 bridgehead atoms. The minimum Gasteiger partial charge on any atom is -0.445 e. The number of rotatable bonds is 18. The molecule has 4 aliphatic rings. The fourth-order valence-corrected chi connectivity index (χ4v) is 8.28. The molecule has 3 amide bonds. The normalized spacial score (nSPS) is 32.2. The number of amides is 3. The van der Waals surface area contributed by atoms with Gasteiger partial charge in [0.1, 0.15) is 56.3 Å². The zero-order chi connectivity index (χ0) is 48.0. The van der Waals surface area contributed by atoms with Crippen LogP contribution in [0.2, 0.25) is 0 Å². The van der Waals surface area contributed by atoms with Crippen LogP contribution in [-0.2, 0) is 62.5 Å². The summed E-state index contributed by atoms with van der Waals surface area (Å²) in [6, 6.07) is 24.9. The number of aliphatic hydroxyl groups excluding tert-OH is 3. The van der Waals surface area contributed by atoms with E-state index in [-0.39, 0.29) is 38.4 Å². The Balaban J connectivity index is 1.02. The van der Waals surface area contributed by atoms with Gasteiger partial charge in [-0.25, -0.2) is 14.4 Å². The smallest absolute Gasteiger partial charge is 0.408 e. The summed E-state index contributed by atoms with van der Waals surface area (Å²) in [6.07, 6.45) is -7.07. The molecule has 3 aromatic carbocycles. The van der Waals surface area contributed by atoms with Crippen LogP contribution in [-0.4, -0.2) is 133 Å². The van der Waals surface area contributed by atoms with Crippen molar-refractivity contribution in [2.24, 2.45) is 11.7 Å². The van der Waals surface area contributed by atoms with Gasteiger partial charge in [-0.3, -0.25) is 0 Å². The van der Waals surface area contributed by atoms with E-state index in [1.54, 1.807) is 30.4 Å². The first-order chi connectivity index (χ1) is 33.0. The number of nitrogens with two attached hydrogens (primary N) is 1. The Hall–Kier alpha value is -5.45. The summed E-state index contributed by atoms with van der Waals surface area (Å²) in [5, 5.41) is 42.2. The van der Waals surface area contributed by atoms with Crippen molar-refractivity contribution in [1.82, 2.24) is 16.0 Å². The third-order valence-corrected chi connectivity index (χ3v) is 12.0. The molecule has 2 fully saturated rings. The number of hydrogen-bond donors (Lipinski definition) is 7. The average Bonchev–Trinajstić information content (AvgIpc) is 3.65. The molecule has 3 aliphatic heterocycles. The average molecular weight is 947 g/mol. The largest absolute Gasteiger partial charge is 0.445 e. The predicted octanol–water partition coefficient (Wildman–Crippen LogP) is 3.44. The second-order valence-electron chi connectivity index (χ2n) is 17.1. The first-order valence-electron chi connectivity index (χ1n) is 22.9. The van der Waals surface area contributed by atoms with E-state index in [1.807, 2.05) is 98.8 Å². The molecule has 0 spiro atoms. The first-order valence-corrected chi connectivity index (χ1v) is 22.9. The lowest BCUT2D eigenvalue weighted by molar-refractivity contribution is -0.286. The van der Waals surface area contributed by atoms with Gasteiger partial charge in [0.15, 0.2) is 18.9 Å². The molecule has 1 saturated carbocycles. The van der Waals surface area contributed by atoms with Crippen LogP contribution >= 0.6 is 0 Å². The zero-order valence-electron chi connectivity index (χ0n) is 37.9. The van der Waals surface area contributed by atoms with Crippen molar-refractivity contribution < 1.29 is 72.3 Å². The van der Waals surface area contributed by atoms with E-state index < -0.39 is 105 Å². The summed E-state index contributed by atoms with van der Waals surface area (Å²) in [7, 11) is 0. The molecule has 368 valence electrons. The highest BCUT2D eigenvalue weighted by Crippen LogP contribution is 2.36. The summed E-state index contributed by atoms with van der Waals surface area (Å²) >= 11 is 0. The second kappa shape index (κ2) is 24.7. The van der Waals surface area contributed by atoms with Crippen LogP contribution in [0.5, 0.6) is 0 Å². The number of alkyl carbamates (subject to hydrolysis) is 3. The maximum Gasteiger partial charge on any atom is 0.408 e. The summed E-state index contributed by atoms with van der Waals surface area (Å²) < 4.78 is 54.1. The SMILES string of the molecule is CC[C@@H]1C=C[C@@H](NC(=O)OCc2ccccc2)[C@@H](O[C@H]2[C@H](O[C@@H]3O[C@H](CO)[C@@H](O[C@H]4O[C@@H](CNC(=O)OCc5ccccc5)C=C[C@H]4NC(=O)OCc4ccccc4)[C@H]3O)[C@@H](O)[C@H](N)C[C@@H]2C)O1. The van der Waals surface area contributed by atoms with E-state index in [0.29, 0.717) is 12.8 Å². The van der Waals surface area contributed by atoms with Gasteiger partial charge in [0.25, 0.3) is 0 Å². The number of hydrogen-bond acceptors (Lipinski definition) is 16. The van der Waals surface area contributed by atoms with Crippen LogP contribution in [0.25, 0.3) is 0 Å². The van der Waals surface area contributed by atoms with Crippen LogP contribution in [0.3, 0.4) is 0 Å². The highest BCUT2D eigenvalue weighted by atomic mass is 16.8. The van der Waals surface area contributed by atoms with E-state index in [4.69, 9.17) is 48.4 Å². The van der Waals surface area contributed by atoms with E-state index >= 15 is 0 Å². The Bertz CT molecular complexity index is 2100. The van der Waals surface area contributed by atoms with E-state index in [1.165, 1.54) is 0 Å². The third-order valence-electron chi connectivity index (χ3n) is 12.0. The fourth-order valence-electron chi connectivity index (χ4n) is 8.28. The molecule has 8 N–H and O–H groups in total. The van der Waals surface area contributed by atoms with E-state index in [2.05, 4.69) is 16.0 Å². The summed E-state index contributed by atoms with van der Waals surface area (Å²) in [4.78, 5) is 38.7. The summed E-state index contributed by atoms with van der Waals surface area (Å²) in [5.74, 6) is -0.338. The Morgan fingerprint density at radius 3 is 1.60 bits per heavy atom. The minimum atomic E-state index is -1.61. The lowest BCUT2D eigenvalue weighted by atomic mass is 9.80. The van der Waals surface area contributed by atoms with Crippen molar-refractivity contribution in [2.75, 3.05) is 13.2 Å². The van der Waals surface area contributed by atoms with Crippen molar-refractivity contribution in [3.8, 4) is 0 Å². The molecule has 68 heavy (non-hydrogen) atoms. The van der Waals surface area contributed by atoms with Crippen LogP contribution in [0, 0.1) is 5.92 Å². The molecule has 19 nitrogen and oxygen atoms in total. The number of carbonyl (C=O) groups is 3. The number of carbonyl (C=O) groups excluding carboxylic acids is 3. The topological polar surface area (TPSA) is 257 Å². The first kappa shape index (κ1) is 50.4. The second-order valence-corrected chi connectivity index (χ2v) is 17.1. The molecule has 7 rings (SSSR count). The lowest BCUT2D eigenvalue weighted by Gasteiger charge is -2.45. The number of aliphatic hydroxyl groups is 3. The molecular weight excluding hydrogens is 885 g/mol. The van der Waals surface area contributed by atoms with Crippen LogP contribution in [0.15, 0.2) is 115 Å². The minimum absolute atomic E-state index is 0.0187. The summed E-state index contributed by atoms with van der Waals surface area (Å²) in [6.45, 7) is 3.18. The standard InChI is InChI=1S/C49H62N4O15/c1-3-33-19-21-36(52-48(58)61-27-31-15-9-5-10-16-31)44(63-33)66-41-29(2)23-35(50)39(55)43(41)68-46-40(56)42(38(25-54)65-46)67-45-37(53-49(59)62-28-32-17-11-6-12-18-32)22-20-34(64-45)24-51-47(57)60-26-30-13-7-4-8-14-30/h4-22,29,33-46,54-56H,3,23-28,50H2,1-2H3,(H,51,57)(H,52,58)(H,53,59)/t29-,33+,34+,35+,36+,37+,38+,39-,40+,41+,42+,43+,44+,45+,46-/m0/s1.